The maximum absolute atomic E-state index is 12.6. The molecule has 1 aliphatic rings. The molecular weight excluding hydrogens is 358 g/mol. The van der Waals surface area contributed by atoms with Crippen molar-refractivity contribution in [1.29, 1.82) is 0 Å². The average Bonchev–Trinajstić information content (AvgIpc) is 3.50. The summed E-state index contributed by atoms with van der Waals surface area (Å²) < 4.78 is 1.50. The number of pyridine rings is 1. The lowest BCUT2D eigenvalue weighted by Crippen LogP contribution is -2.25. The zero-order valence-electron chi connectivity index (χ0n) is 15.5. The number of fused-ring (bicyclic) bond motifs is 1. The molecule has 1 aromatic carbocycles. The Morgan fingerprint density at radius 1 is 1.18 bits per heavy atom. The van der Waals surface area contributed by atoms with E-state index < -0.39 is 0 Å². The largest absolute Gasteiger partial charge is 0.395 e. The van der Waals surface area contributed by atoms with Crippen molar-refractivity contribution in [1.82, 2.24) is 19.9 Å². The Balaban J connectivity index is 1.76. The Hall–Kier alpha value is -3.26. The summed E-state index contributed by atoms with van der Waals surface area (Å²) in [6.45, 7) is 2.10. The molecule has 4 rings (SSSR count). The monoisotopic (exact) mass is 379 g/mol. The number of carbonyl (C=O) groups excluding carboxylic acids is 1. The minimum Gasteiger partial charge on any atom is -0.395 e. The highest BCUT2D eigenvalue weighted by Crippen LogP contribution is 2.21. The van der Waals surface area contributed by atoms with Crippen LogP contribution in [0.3, 0.4) is 0 Å². The third-order valence-corrected chi connectivity index (χ3v) is 4.64. The van der Waals surface area contributed by atoms with Crippen molar-refractivity contribution in [2.75, 3.05) is 18.5 Å². The summed E-state index contributed by atoms with van der Waals surface area (Å²) in [4.78, 5) is 33.6. The van der Waals surface area contributed by atoms with E-state index in [1.165, 1.54) is 10.6 Å². The zero-order chi connectivity index (χ0) is 19.7. The number of rotatable bonds is 6. The van der Waals surface area contributed by atoms with E-state index in [2.05, 4.69) is 20.6 Å². The SMILES string of the molecule is Cc1nc(NCCO)nc2c1ccc(=O)n2-c1ccc(C(=O)NC2CC2)cc1. The Labute approximate surface area is 161 Å². The summed E-state index contributed by atoms with van der Waals surface area (Å²) in [7, 11) is 0. The van der Waals surface area contributed by atoms with Crippen LogP contribution in [0.25, 0.3) is 16.7 Å². The van der Waals surface area contributed by atoms with Crippen LogP contribution in [0.2, 0.25) is 0 Å². The van der Waals surface area contributed by atoms with Crippen LogP contribution in [-0.4, -0.2) is 44.7 Å². The van der Waals surface area contributed by atoms with Gasteiger partial charge in [0.25, 0.3) is 11.5 Å². The molecule has 8 heteroatoms. The standard InChI is InChI=1S/C20H21N5O3/c1-12-16-8-9-17(27)25(18(16)24-20(22-12)21-10-11-26)15-6-2-13(3-7-15)19(28)23-14-4-5-14/h2-3,6-9,14,26H,4-5,10-11H2,1H3,(H,23,28)(H,21,22,24). The van der Waals surface area contributed by atoms with Gasteiger partial charge in [0.15, 0.2) is 5.65 Å². The number of aryl methyl sites for hydroxylation is 1. The van der Waals surface area contributed by atoms with Crippen LogP contribution in [0.4, 0.5) is 5.95 Å². The van der Waals surface area contributed by atoms with Gasteiger partial charge in [0, 0.05) is 29.6 Å². The van der Waals surface area contributed by atoms with E-state index >= 15 is 0 Å². The molecule has 1 fully saturated rings. The molecule has 3 N–H and O–H groups in total. The van der Waals surface area contributed by atoms with Crippen molar-refractivity contribution in [3.8, 4) is 5.69 Å². The second-order valence-electron chi connectivity index (χ2n) is 6.82. The highest BCUT2D eigenvalue weighted by atomic mass is 16.3. The zero-order valence-corrected chi connectivity index (χ0v) is 15.5. The number of aliphatic hydroxyl groups excluding tert-OH is 1. The lowest BCUT2D eigenvalue weighted by molar-refractivity contribution is 0.0951. The van der Waals surface area contributed by atoms with Gasteiger partial charge in [0.2, 0.25) is 5.95 Å². The number of aliphatic hydroxyl groups is 1. The molecule has 0 spiro atoms. The van der Waals surface area contributed by atoms with Gasteiger partial charge < -0.3 is 15.7 Å². The van der Waals surface area contributed by atoms with Gasteiger partial charge in [-0.1, -0.05) is 0 Å². The molecule has 1 saturated carbocycles. The number of aromatic nitrogens is 3. The highest BCUT2D eigenvalue weighted by Gasteiger charge is 2.23. The number of benzene rings is 1. The molecule has 0 saturated heterocycles. The molecule has 0 bridgehead atoms. The minimum atomic E-state index is -0.228. The molecule has 2 heterocycles. The van der Waals surface area contributed by atoms with E-state index in [9.17, 15) is 9.59 Å². The molecule has 144 valence electrons. The maximum atomic E-state index is 12.6. The number of anilines is 1. The van der Waals surface area contributed by atoms with Gasteiger partial charge in [0.1, 0.15) is 0 Å². The fraction of sp³-hybridized carbons (Fsp3) is 0.300. The number of nitrogens with zero attached hydrogens (tertiary/aromatic N) is 3. The molecule has 8 nitrogen and oxygen atoms in total. The highest BCUT2D eigenvalue weighted by molar-refractivity contribution is 5.94. The fourth-order valence-corrected chi connectivity index (χ4v) is 3.02. The average molecular weight is 379 g/mol. The predicted octanol–water partition coefficient (Wildman–Crippen LogP) is 1.39. The number of amides is 1. The molecule has 0 unspecified atom stereocenters. The fourth-order valence-electron chi connectivity index (χ4n) is 3.02. The van der Waals surface area contributed by atoms with Crippen LogP contribution < -0.4 is 16.2 Å². The van der Waals surface area contributed by atoms with E-state index in [0.717, 1.165) is 23.9 Å². The van der Waals surface area contributed by atoms with Crippen molar-refractivity contribution in [2.24, 2.45) is 0 Å². The van der Waals surface area contributed by atoms with E-state index in [1.54, 1.807) is 30.3 Å². The van der Waals surface area contributed by atoms with E-state index in [0.29, 0.717) is 29.4 Å². The van der Waals surface area contributed by atoms with Gasteiger partial charge in [-0.05, 0) is 50.1 Å². The third-order valence-electron chi connectivity index (χ3n) is 4.64. The van der Waals surface area contributed by atoms with E-state index in [4.69, 9.17) is 5.11 Å². The van der Waals surface area contributed by atoms with Gasteiger partial charge in [-0.3, -0.25) is 14.2 Å². The summed E-state index contributed by atoms with van der Waals surface area (Å²) in [6.07, 6.45) is 2.06. The topological polar surface area (TPSA) is 109 Å². The van der Waals surface area contributed by atoms with Crippen molar-refractivity contribution >= 4 is 22.9 Å². The van der Waals surface area contributed by atoms with Crippen molar-refractivity contribution in [3.05, 3.63) is 58.0 Å². The van der Waals surface area contributed by atoms with Crippen LogP contribution in [-0.2, 0) is 0 Å². The molecule has 3 aromatic rings. The maximum Gasteiger partial charge on any atom is 0.256 e. The quantitative estimate of drug-likeness (QED) is 0.597. The summed E-state index contributed by atoms with van der Waals surface area (Å²) >= 11 is 0. The third kappa shape index (κ3) is 3.59. The van der Waals surface area contributed by atoms with Gasteiger partial charge in [-0.25, -0.2) is 4.98 Å². The molecular formula is C20H21N5O3. The van der Waals surface area contributed by atoms with Crippen LogP contribution in [0.5, 0.6) is 0 Å². The first-order valence-electron chi connectivity index (χ1n) is 9.23. The first-order chi connectivity index (χ1) is 13.6. The molecule has 0 atom stereocenters. The predicted molar refractivity (Wildman–Crippen MR) is 106 cm³/mol. The minimum absolute atomic E-state index is 0.0492. The molecule has 0 aliphatic heterocycles. The second-order valence-corrected chi connectivity index (χ2v) is 6.82. The Kier molecular flexibility index (Phi) is 4.79. The number of hydrogen-bond acceptors (Lipinski definition) is 6. The molecule has 1 aliphatic carbocycles. The number of carbonyl (C=O) groups is 1. The molecule has 0 radical (unpaired) electrons. The molecule has 28 heavy (non-hydrogen) atoms. The van der Waals surface area contributed by atoms with Crippen LogP contribution in [0, 0.1) is 6.92 Å². The van der Waals surface area contributed by atoms with Crippen molar-refractivity contribution < 1.29 is 9.90 Å². The summed E-state index contributed by atoms with van der Waals surface area (Å²) in [5.74, 6) is 0.242. The summed E-state index contributed by atoms with van der Waals surface area (Å²) in [5.41, 5.74) is 2.13. The van der Waals surface area contributed by atoms with Crippen molar-refractivity contribution in [2.45, 2.75) is 25.8 Å². The lowest BCUT2D eigenvalue weighted by atomic mass is 10.1. The molecule has 1 amide bonds. The lowest BCUT2D eigenvalue weighted by Gasteiger charge is -2.13. The van der Waals surface area contributed by atoms with Crippen LogP contribution in [0.1, 0.15) is 28.9 Å². The first kappa shape index (κ1) is 18.1. The summed E-state index contributed by atoms with van der Waals surface area (Å²) in [5, 5.41) is 15.6. The van der Waals surface area contributed by atoms with Gasteiger partial charge in [-0.15, -0.1) is 0 Å². The van der Waals surface area contributed by atoms with E-state index in [1.807, 2.05) is 6.92 Å². The van der Waals surface area contributed by atoms with E-state index in [-0.39, 0.29) is 24.1 Å². The van der Waals surface area contributed by atoms with Crippen molar-refractivity contribution in [3.63, 3.8) is 0 Å². The normalized spacial score (nSPS) is 13.5. The summed E-state index contributed by atoms with van der Waals surface area (Å²) in [6, 6.07) is 10.4. The Bertz CT molecular complexity index is 1090. The Morgan fingerprint density at radius 3 is 2.61 bits per heavy atom. The number of hydrogen-bond donors (Lipinski definition) is 3. The smallest absolute Gasteiger partial charge is 0.256 e. The van der Waals surface area contributed by atoms with Gasteiger partial charge >= 0.3 is 0 Å². The number of nitrogens with one attached hydrogen (secondary N) is 2. The molecule has 2 aromatic heterocycles. The van der Waals surface area contributed by atoms with Crippen LogP contribution >= 0.6 is 0 Å². The Morgan fingerprint density at radius 2 is 1.93 bits per heavy atom. The van der Waals surface area contributed by atoms with Gasteiger partial charge in [-0.2, -0.15) is 4.98 Å². The second kappa shape index (κ2) is 7.40. The first-order valence-corrected chi connectivity index (χ1v) is 9.23. The van der Waals surface area contributed by atoms with Gasteiger partial charge in [0.05, 0.1) is 18.0 Å². The van der Waals surface area contributed by atoms with Crippen LogP contribution in [0.15, 0.2) is 41.2 Å².